The topological polar surface area (TPSA) is 103 Å². The zero-order chi connectivity index (χ0) is 17.0. The number of aromatic nitrogens is 1. The van der Waals surface area contributed by atoms with Crippen molar-refractivity contribution in [2.45, 2.75) is 20.4 Å². The van der Waals surface area contributed by atoms with Gasteiger partial charge in [-0.05, 0) is 49.7 Å². The van der Waals surface area contributed by atoms with Crippen molar-refractivity contribution in [3.8, 4) is 6.07 Å². The maximum absolute atomic E-state index is 12.2. The lowest BCUT2D eigenvalue weighted by Gasteiger charge is -2.09. The molecule has 0 saturated heterocycles. The van der Waals surface area contributed by atoms with E-state index >= 15 is 0 Å². The minimum Gasteiger partial charge on any atom is -0.478 e. The van der Waals surface area contributed by atoms with E-state index in [-0.39, 0.29) is 18.0 Å². The average molecular weight is 309 g/mol. The van der Waals surface area contributed by atoms with Gasteiger partial charge < -0.3 is 10.4 Å². The molecule has 0 aliphatic rings. The molecule has 116 valence electrons. The molecular formula is C17H15N3O3. The number of amides is 1. The largest absolute Gasteiger partial charge is 0.478 e. The molecule has 1 amide bonds. The number of nitrogens with one attached hydrogen (secondary N) is 1. The van der Waals surface area contributed by atoms with E-state index in [9.17, 15) is 9.59 Å². The number of aromatic carboxylic acids is 1. The van der Waals surface area contributed by atoms with Gasteiger partial charge in [-0.25, -0.2) is 4.79 Å². The smallest absolute Gasteiger partial charge is 0.337 e. The van der Waals surface area contributed by atoms with Crippen molar-refractivity contribution in [2.24, 2.45) is 0 Å². The summed E-state index contributed by atoms with van der Waals surface area (Å²) in [4.78, 5) is 27.3. The van der Waals surface area contributed by atoms with Crippen molar-refractivity contribution in [1.29, 1.82) is 5.26 Å². The molecule has 0 radical (unpaired) electrons. The van der Waals surface area contributed by atoms with Crippen LogP contribution in [0, 0.1) is 25.2 Å². The van der Waals surface area contributed by atoms with Crippen molar-refractivity contribution in [3.63, 3.8) is 0 Å². The molecule has 0 bridgehead atoms. The number of rotatable bonds is 4. The highest BCUT2D eigenvalue weighted by atomic mass is 16.4. The Morgan fingerprint density at radius 1 is 1.22 bits per heavy atom. The van der Waals surface area contributed by atoms with Gasteiger partial charge >= 0.3 is 5.97 Å². The summed E-state index contributed by atoms with van der Waals surface area (Å²) >= 11 is 0. The highest BCUT2D eigenvalue weighted by molar-refractivity contribution is 5.95. The average Bonchev–Trinajstić information content (AvgIpc) is 2.52. The fourth-order valence-corrected chi connectivity index (χ4v) is 2.19. The van der Waals surface area contributed by atoms with Crippen molar-refractivity contribution in [3.05, 3.63) is 64.0 Å². The predicted molar refractivity (Wildman–Crippen MR) is 83.0 cm³/mol. The van der Waals surface area contributed by atoms with Gasteiger partial charge in [-0.2, -0.15) is 5.26 Å². The molecule has 2 aromatic rings. The van der Waals surface area contributed by atoms with E-state index in [1.807, 2.05) is 6.07 Å². The Hall–Kier alpha value is -3.20. The second-order valence-electron chi connectivity index (χ2n) is 5.06. The van der Waals surface area contributed by atoms with E-state index in [1.54, 1.807) is 38.1 Å². The summed E-state index contributed by atoms with van der Waals surface area (Å²) in [6.45, 7) is 3.57. The van der Waals surface area contributed by atoms with Crippen LogP contribution in [0.15, 0.2) is 30.3 Å². The SMILES string of the molecule is Cc1cc(C#N)ccc1C(=O)NCc1ccc(C(=O)O)c(C)n1. The minimum absolute atomic E-state index is 0.142. The molecule has 0 aliphatic carbocycles. The first-order valence-electron chi connectivity index (χ1n) is 6.91. The van der Waals surface area contributed by atoms with Gasteiger partial charge in [0.2, 0.25) is 0 Å². The number of nitrogens with zero attached hydrogens (tertiary/aromatic N) is 2. The van der Waals surface area contributed by atoms with Crippen LogP contribution in [0.5, 0.6) is 0 Å². The number of benzene rings is 1. The van der Waals surface area contributed by atoms with Crippen LogP contribution >= 0.6 is 0 Å². The number of carbonyl (C=O) groups is 2. The standard InChI is InChI=1S/C17H15N3O3/c1-10-7-12(8-18)3-5-14(10)16(21)19-9-13-4-6-15(17(22)23)11(2)20-13/h3-7H,9H2,1-2H3,(H,19,21)(H,22,23). The van der Waals surface area contributed by atoms with Gasteiger partial charge in [-0.15, -0.1) is 0 Å². The van der Waals surface area contributed by atoms with E-state index in [4.69, 9.17) is 10.4 Å². The minimum atomic E-state index is -1.03. The molecule has 2 N–H and O–H groups in total. The van der Waals surface area contributed by atoms with Gasteiger partial charge in [0, 0.05) is 5.56 Å². The first-order chi connectivity index (χ1) is 10.9. The van der Waals surface area contributed by atoms with Gasteiger partial charge in [0.05, 0.1) is 35.1 Å². The number of carboxylic acids is 1. The van der Waals surface area contributed by atoms with E-state index in [2.05, 4.69) is 10.3 Å². The fraction of sp³-hybridized carbons (Fsp3) is 0.176. The molecule has 0 atom stereocenters. The summed E-state index contributed by atoms with van der Waals surface area (Å²) in [5.74, 6) is -1.30. The molecule has 1 heterocycles. The molecule has 0 spiro atoms. The highest BCUT2D eigenvalue weighted by Gasteiger charge is 2.11. The predicted octanol–water partition coefficient (Wildman–Crippen LogP) is 2.20. The van der Waals surface area contributed by atoms with Gasteiger partial charge in [0.1, 0.15) is 0 Å². The first-order valence-corrected chi connectivity index (χ1v) is 6.91. The van der Waals surface area contributed by atoms with Gasteiger partial charge in [0.25, 0.3) is 5.91 Å². The van der Waals surface area contributed by atoms with Crippen molar-refractivity contribution in [1.82, 2.24) is 10.3 Å². The summed E-state index contributed by atoms with van der Waals surface area (Å²) < 4.78 is 0. The molecule has 6 heteroatoms. The van der Waals surface area contributed by atoms with Gasteiger partial charge in [-0.1, -0.05) is 0 Å². The number of nitriles is 1. The lowest BCUT2D eigenvalue weighted by atomic mass is 10.1. The van der Waals surface area contributed by atoms with Crippen molar-refractivity contribution in [2.75, 3.05) is 0 Å². The van der Waals surface area contributed by atoms with Crippen LogP contribution in [0.3, 0.4) is 0 Å². The summed E-state index contributed by atoms with van der Waals surface area (Å²) in [5, 5.41) is 20.5. The summed E-state index contributed by atoms with van der Waals surface area (Å²) in [6.07, 6.45) is 0. The second kappa shape index (κ2) is 6.71. The van der Waals surface area contributed by atoms with Crippen LogP contribution in [0.25, 0.3) is 0 Å². The van der Waals surface area contributed by atoms with Crippen LogP contribution in [0.2, 0.25) is 0 Å². The number of aryl methyl sites for hydroxylation is 2. The molecule has 0 saturated carbocycles. The summed E-state index contributed by atoms with van der Waals surface area (Å²) in [7, 11) is 0. The summed E-state index contributed by atoms with van der Waals surface area (Å²) in [5.41, 5.74) is 2.82. The Labute approximate surface area is 133 Å². The normalized spacial score (nSPS) is 9.96. The zero-order valence-corrected chi connectivity index (χ0v) is 12.8. The maximum atomic E-state index is 12.2. The van der Waals surface area contributed by atoms with E-state index in [0.717, 1.165) is 0 Å². The fourth-order valence-electron chi connectivity index (χ4n) is 2.19. The van der Waals surface area contributed by atoms with Crippen LogP contribution in [-0.4, -0.2) is 22.0 Å². The Morgan fingerprint density at radius 3 is 2.48 bits per heavy atom. The molecule has 0 aliphatic heterocycles. The number of carboxylic acid groups (broad SMARTS) is 1. The van der Waals surface area contributed by atoms with Crippen molar-refractivity contribution >= 4 is 11.9 Å². The summed E-state index contributed by atoms with van der Waals surface area (Å²) in [6, 6.07) is 9.91. The molecule has 0 unspecified atom stereocenters. The monoisotopic (exact) mass is 309 g/mol. The Kier molecular flexibility index (Phi) is 4.72. The number of carbonyl (C=O) groups excluding carboxylic acids is 1. The molecule has 1 aromatic carbocycles. The van der Waals surface area contributed by atoms with E-state index in [0.29, 0.717) is 28.1 Å². The van der Waals surface area contributed by atoms with Gasteiger partial charge in [-0.3, -0.25) is 9.78 Å². The Balaban J connectivity index is 2.09. The highest BCUT2D eigenvalue weighted by Crippen LogP contribution is 2.11. The second-order valence-corrected chi connectivity index (χ2v) is 5.06. The number of pyridine rings is 1. The first kappa shape index (κ1) is 16.2. The van der Waals surface area contributed by atoms with Crippen LogP contribution in [0.1, 0.15) is 43.2 Å². The Morgan fingerprint density at radius 2 is 1.91 bits per heavy atom. The van der Waals surface area contributed by atoms with Gasteiger partial charge in [0.15, 0.2) is 0 Å². The van der Waals surface area contributed by atoms with Crippen LogP contribution in [-0.2, 0) is 6.54 Å². The number of hydrogen-bond acceptors (Lipinski definition) is 4. The third kappa shape index (κ3) is 3.71. The van der Waals surface area contributed by atoms with E-state index in [1.165, 1.54) is 6.07 Å². The molecular weight excluding hydrogens is 294 g/mol. The molecule has 0 fully saturated rings. The third-order valence-corrected chi connectivity index (χ3v) is 3.40. The lowest BCUT2D eigenvalue weighted by molar-refractivity contribution is 0.0695. The number of hydrogen-bond donors (Lipinski definition) is 2. The molecule has 1 aromatic heterocycles. The lowest BCUT2D eigenvalue weighted by Crippen LogP contribution is -2.24. The molecule has 23 heavy (non-hydrogen) atoms. The maximum Gasteiger partial charge on any atom is 0.337 e. The third-order valence-electron chi connectivity index (χ3n) is 3.40. The Bertz CT molecular complexity index is 822. The van der Waals surface area contributed by atoms with Crippen molar-refractivity contribution < 1.29 is 14.7 Å². The molecule has 2 rings (SSSR count). The van der Waals surface area contributed by atoms with E-state index < -0.39 is 5.97 Å². The quantitative estimate of drug-likeness (QED) is 0.901. The zero-order valence-electron chi connectivity index (χ0n) is 12.8. The molecule has 6 nitrogen and oxygen atoms in total. The van der Waals surface area contributed by atoms with Crippen LogP contribution in [0.4, 0.5) is 0 Å². The van der Waals surface area contributed by atoms with Crippen LogP contribution < -0.4 is 5.32 Å².